The number of benzene rings is 2. The summed E-state index contributed by atoms with van der Waals surface area (Å²) in [5, 5.41) is 7.90. The van der Waals surface area contributed by atoms with E-state index in [2.05, 4.69) is 25.4 Å². The standard InChI is InChI=1S/C22H25N3O7/c1-14(26)24-17-6-4-7-19(13-17)32-9-5-8-23-22(29)25-18-11-15(20(27)30-2)10-16(12-18)21(28)31-3/h4,6-7,10-13H,5,8-9H2,1-3H3,(H,24,26)(H2,23,25,29). The molecule has 0 aliphatic carbocycles. The highest BCUT2D eigenvalue weighted by molar-refractivity contribution is 5.99. The maximum Gasteiger partial charge on any atom is 0.337 e. The summed E-state index contributed by atoms with van der Waals surface area (Å²) in [7, 11) is 2.43. The molecule has 3 N–H and O–H groups in total. The zero-order valence-corrected chi connectivity index (χ0v) is 18.0. The predicted molar refractivity (Wildman–Crippen MR) is 117 cm³/mol. The molecule has 10 nitrogen and oxygen atoms in total. The second kappa shape index (κ2) is 11.9. The Labute approximate surface area is 185 Å². The Morgan fingerprint density at radius 1 is 0.844 bits per heavy atom. The van der Waals surface area contributed by atoms with E-state index in [1.54, 1.807) is 24.3 Å². The monoisotopic (exact) mass is 443 g/mol. The Morgan fingerprint density at radius 2 is 1.50 bits per heavy atom. The smallest absolute Gasteiger partial charge is 0.337 e. The summed E-state index contributed by atoms with van der Waals surface area (Å²) in [5.41, 5.74) is 1.06. The van der Waals surface area contributed by atoms with Crippen molar-refractivity contribution in [2.75, 3.05) is 38.0 Å². The minimum Gasteiger partial charge on any atom is -0.493 e. The van der Waals surface area contributed by atoms with Crippen molar-refractivity contribution in [3.05, 3.63) is 53.6 Å². The number of ether oxygens (including phenoxy) is 3. The molecule has 2 aromatic carbocycles. The summed E-state index contributed by atoms with van der Waals surface area (Å²) in [6, 6.07) is 10.6. The molecule has 0 aliphatic rings. The molecule has 0 aliphatic heterocycles. The zero-order chi connectivity index (χ0) is 23.5. The van der Waals surface area contributed by atoms with Gasteiger partial charge in [0.05, 0.1) is 32.0 Å². The van der Waals surface area contributed by atoms with Gasteiger partial charge in [-0.05, 0) is 36.8 Å². The second-order valence-electron chi connectivity index (χ2n) is 6.57. The number of methoxy groups -OCH3 is 2. The van der Waals surface area contributed by atoms with Crippen LogP contribution in [0.15, 0.2) is 42.5 Å². The van der Waals surface area contributed by atoms with Crippen LogP contribution in [0.1, 0.15) is 34.1 Å². The number of anilines is 2. The first-order valence-electron chi connectivity index (χ1n) is 9.69. The van der Waals surface area contributed by atoms with Crippen LogP contribution in [0.25, 0.3) is 0 Å². The molecule has 3 amide bonds. The van der Waals surface area contributed by atoms with Crippen molar-refractivity contribution < 1.29 is 33.4 Å². The van der Waals surface area contributed by atoms with Crippen LogP contribution in [0.2, 0.25) is 0 Å². The van der Waals surface area contributed by atoms with E-state index in [0.29, 0.717) is 31.0 Å². The number of hydrogen-bond donors (Lipinski definition) is 3. The van der Waals surface area contributed by atoms with Gasteiger partial charge in [-0.15, -0.1) is 0 Å². The molecule has 0 atom stereocenters. The number of esters is 2. The largest absolute Gasteiger partial charge is 0.493 e. The first kappa shape index (κ1) is 24.2. The van der Waals surface area contributed by atoms with Gasteiger partial charge in [0, 0.05) is 30.9 Å². The van der Waals surface area contributed by atoms with Gasteiger partial charge in [-0.2, -0.15) is 0 Å². The molecule has 0 fully saturated rings. The van der Waals surface area contributed by atoms with E-state index in [9.17, 15) is 19.2 Å². The van der Waals surface area contributed by atoms with Gasteiger partial charge in [0.1, 0.15) is 5.75 Å². The normalized spacial score (nSPS) is 9.97. The average Bonchev–Trinajstić information content (AvgIpc) is 2.77. The fraction of sp³-hybridized carbons (Fsp3) is 0.273. The van der Waals surface area contributed by atoms with Crippen LogP contribution in [-0.4, -0.2) is 51.2 Å². The molecule has 32 heavy (non-hydrogen) atoms. The number of hydrogen-bond acceptors (Lipinski definition) is 7. The van der Waals surface area contributed by atoms with Gasteiger partial charge in [0.25, 0.3) is 0 Å². The van der Waals surface area contributed by atoms with Gasteiger partial charge in [0.2, 0.25) is 5.91 Å². The molecule has 2 aromatic rings. The average molecular weight is 443 g/mol. The third kappa shape index (κ3) is 7.63. The maximum atomic E-state index is 12.2. The lowest BCUT2D eigenvalue weighted by Crippen LogP contribution is -2.30. The van der Waals surface area contributed by atoms with Crippen LogP contribution >= 0.6 is 0 Å². The van der Waals surface area contributed by atoms with Crippen molar-refractivity contribution in [1.29, 1.82) is 0 Å². The third-order valence-electron chi connectivity index (χ3n) is 4.06. The van der Waals surface area contributed by atoms with Crippen LogP contribution in [0.3, 0.4) is 0 Å². The summed E-state index contributed by atoms with van der Waals surface area (Å²) in [6.07, 6.45) is 0.521. The molecular weight excluding hydrogens is 418 g/mol. The molecule has 0 saturated carbocycles. The van der Waals surface area contributed by atoms with Crippen LogP contribution < -0.4 is 20.7 Å². The lowest BCUT2D eigenvalue weighted by molar-refractivity contribution is -0.114. The van der Waals surface area contributed by atoms with Gasteiger partial charge >= 0.3 is 18.0 Å². The van der Waals surface area contributed by atoms with Crippen molar-refractivity contribution in [3.8, 4) is 5.75 Å². The molecular formula is C22H25N3O7. The number of amides is 3. The van der Waals surface area contributed by atoms with Crippen molar-refractivity contribution in [3.63, 3.8) is 0 Å². The van der Waals surface area contributed by atoms with Crippen LogP contribution in [0, 0.1) is 0 Å². The lowest BCUT2D eigenvalue weighted by atomic mass is 10.1. The van der Waals surface area contributed by atoms with Crippen molar-refractivity contribution >= 4 is 35.3 Å². The number of carbonyl (C=O) groups is 4. The topological polar surface area (TPSA) is 132 Å². The Hall–Kier alpha value is -4.08. The third-order valence-corrected chi connectivity index (χ3v) is 4.06. The predicted octanol–water partition coefficient (Wildman–Crippen LogP) is 2.81. The number of nitrogens with one attached hydrogen (secondary N) is 3. The maximum absolute atomic E-state index is 12.2. The van der Waals surface area contributed by atoms with E-state index in [-0.39, 0.29) is 22.7 Å². The highest BCUT2D eigenvalue weighted by Crippen LogP contribution is 2.18. The Balaban J connectivity index is 1.84. The summed E-state index contributed by atoms with van der Waals surface area (Å²) < 4.78 is 14.9. The molecule has 0 spiro atoms. The SMILES string of the molecule is COC(=O)c1cc(NC(=O)NCCCOc2cccc(NC(C)=O)c2)cc(C(=O)OC)c1. The molecule has 2 rings (SSSR count). The summed E-state index contributed by atoms with van der Waals surface area (Å²) in [5.74, 6) is -0.887. The molecule has 170 valence electrons. The fourth-order valence-electron chi connectivity index (χ4n) is 2.68. The van der Waals surface area contributed by atoms with Crippen molar-refractivity contribution in [2.45, 2.75) is 13.3 Å². The number of carbonyl (C=O) groups excluding carboxylic acids is 4. The molecule has 0 heterocycles. The molecule has 0 unspecified atom stereocenters. The first-order chi connectivity index (χ1) is 15.3. The van der Waals surface area contributed by atoms with E-state index in [1.807, 2.05) is 0 Å². The lowest BCUT2D eigenvalue weighted by Gasteiger charge is -2.11. The number of rotatable bonds is 9. The van der Waals surface area contributed by atoms with Gasteiger partial charge in [-0.1, -0.05) is 6.07 Å². The van der Waals surface area contributed by atoms with Gasteiger partial charge < -0.3 is 30.2 Å². The van der Waals surface area contributed by atoms with E-state index < -0.39 is 18.0 Å². The molecule has 0 bridgehead atoms. The van der Waals surface area contributed by atoms with Crippen LogP contribution in [0.5, 0.6) is 5.75 Å². The van der Waals surface area contributed by atoms with Crippen LogP contribution in [-0.2, 0) is 14.3 Å². The fourth-order valence-corrected chi connectivity index (χ4v) is 2.68. The zero-order valence-electron chi connectivity index (χ0n) is 18.0. The van der Waals surface area contributed by atoms with Crippen LogP contribution in [0.4, 0.5) is 16.2 Å². The van der Waals surface area contributed by atoms with E-state index >= 15 is 0 Å². The Kier molecular flexibility index (Phi) is 9.03. The van der Waals surface area contributed by atoms with Crippen molar-refractivity contribution in [1.82, 2.24) is 5.32 Å². The summed E-state index contributed by atoms with van der Waals surface area (Å²) >= 11 is 0. The molecule has 0 radical (unpaired) electrons. The Bertz CT molecular complexity index is 957. The summed E-state index contributed by atoms with van der Waals surface area (Å²) in [4.78, 5) is 46.9. The van der Waals surface area contributed by atoms with E-state index in [0.717, 1.165) is 0 Å². The first-order valence-corrected chi connectivity index (χ1v) is 9.69. The van der Waals surface area contributed by atoms with E-state index in [4.69, 9.17) is 4.74 Å². The van der Waals surface area contributed by atoms with Crippen molar-refractivity contribution in [2.24, 2.45) is 0 Å². The number of urea groups is 1. The highest BCUT2D eigenvalue weighted by Gasteiger charge is 2.15. The Morgan fingerprint density at radius 3 is 2.09 bits per heavy atom. The molecule has 0 aromatic heterocycles. The second-order valence-corrected chi connectivity index (χ2v) is 6.57. The molecule has 0 saturated heterocycles. The van der Waals surface area contributed by atoms with Gasteiger partial charge in [-0.25, -0.2) is 14.4 Å². The minimum atomic E-state index is -0.654. The summed E-state index contributed by atoms with van der Waals surface area (Å²) in [6.45, 7) is 2.08. The van der Waals surface area contributed by atoms with Gasteiger partial charge in [0.15, 0.2) is 0 Å². The highest BCUT2D eigenvalue weighted by atomic mass is 16.5. The van der Waals surface area contributed by atoms with E-state index in [1.165, 1.54) is 39.3 Å². The minimum absolute atomic E-state index is 0.0978. The molecule has 10 heteroatoms. The van der Waals surface area contributed by atoms with Gasteiger partial charge in [-0.3, -0.25) is 4.79 Å². The quantitative estimate of drug-likeness (QED) is 0.401.